The summed E-state index contributed by atoms with van der Waals surface area (Å²) < 4.78 is 1.80. The van der Waals surface area contributed by atoms with Gasteiger partial charge in [-0.3, -0.25) is 5.10 Å². The van der Waals surface area contributed by atoms with Gasteiger partial charge in [-0.05, 0) is 12.8 Å². The van der Waals surface area contributed by atoms with Gasteiger partial charge in [-0.1, -0.05) is 19.3 Å². The van der Waals surface area contributed by atoms with Crippen LogP contribution in [-0.2, 0) is 7.05 Å². The Morgan fingerprint density at radius 2 is 2.11 bits per heavy atom. The zero-order chi connectivity index (χ0) is 12.5. The number of rotatable bonds is 2. The fraction of sp³-hybridized carbons (Fsp3) is 0.583. The van der Waals surface area contributed by atoms with E-state index in [0.717, 1.165) is 17.3 Å². The molecule has 18 heavy (non-hydrogen) atoms. The summed E-state index contributed by atoms with van der Waals surface area (Å²) in [6.45, 7) is 0. The summed E-state index contributed by atoms with van der Waals surface area (Å²) in [5.41, 5.74) is 6.44. The van der Waals surface area contributed by atoms with Crippen molar-refractivity contribution in [3.8, 4) is 11.5 Å². The Morgan fingerprint density at radius 3 is 2.78 bits per heavy atom. The van der Waals surface area contributed by atoms with Crippen molar-refractivity contribution in [3.05, 3.63) is 11.9 Å². The average Bonchev–Trinajstić information content (AvgIpc) is 2.97. The van der Waals surface area contributed by atoms with E-state index in [1.807, 2.05) is 7.05 Å². The highest BCUT2D eigenvalue weighted by atomic mass is 15.3. The van der Waals surface area contributed by atoms with E-state index in [9.17, 15) is 0 Å². The first-order valence-electron chi connectivity index (χ1n) is 6.46. The molecule has 1 saturated carbocycles. The molecule has 0 aliphatic heterocycles. The lowest BCUT2D eigenvalue weighted by Crippen LogP contribution is -2.06. The number of aromatic nitrogens is 5. The molecule has 3 N–H and O–H groups in total. The molecule has 1 fully saturated rings. The Hall–Kier alpha value is -1.85. The first-order chi connectivity index (χ1) is 8.74. The topological polar surface area (TPSA) is 85.4 Å². The van der Waals surface area contributed by atoms with Gasteiger partial charge < -0.3 is 5.73 Å². The number of nitrogens with two attached hydrogens (primary N) is 1. The minimum absolute atomic E-state index is 0.479. The Bertz CT molecular complexity index is 535. The van der Waals surface area contributed by atoms with Gasteiger partial charge in [0.2, 0.25) is 0 Å². The maximum atomic E-state index is 5.62. The number of H-pyrrole nitrogens is 1. The Kier molecular flexibility index (Phi) is 2.77. The first-order valence-corrected chi connectivity index (χ1v) is 6.46. The van der Waals surface area contributed by atoms with Crippen LogP contribution in [0, 0.1) is 0 Å². The van der Waals surface area contributed by atoms with Gasteiger partial charge in [0, 0.05) is 19.0 Å². The molecule has 0 atom stereocenters. The van der Waals surface area contributed by atoms with Crippen LogP contribution in [0.2, 0.25) is 0 Å². The summed E-state index contributed by atoms with van der Waals surface area (Å²) in [6, 6.07) is 1.79. The molecule has 1 aliphatic carbocycles. The van der Waals surface area contributed by atoms with Crippen LogP contribution < -0.4 is 5.73 Å². The molecular formula is C12H18N6. The van der Waals surface area contributed by atoms with Crippen LogP contribution in [0.15, 0.2) is 6.07 Å². The predicted octanol–water partition coefficient (Wildman–Crippen LogP) is 1.84. The lowest BCUT2D eigenvalue weighted by Gasteiger charge is -2.18. The van der Waals surface area contributed by atoms with Crippen molar-refractivity contribution in [2.45, 2.75) is 38.0 Å². The van der Waals surface area contributed by atoms with E-state index in [2.05, 4.69) is 20.3 Å². The van der Waals surface area contributed by atoms with Gasteiger partial charge >= 0.3 is 0 Å². The Balaban J connectivity index is 1.90. The summed E-state index contributed by atoms with van der Waals surface area (Å²) in [5.74, 6) is 2.76. The second-order valence-electron chi connectivity index (χ2n) is 4.96. The molecule has 1 aliphatic rings. The van der Waals surface area contributed by atoms with Gasteiger partial charge in [-0.15, -0.1) is 0 Å². The van der Waals surface area contributed by atoms with Gasteiger partial charge in [-0.25, -0.2) is 9.67 Å². The van der Waals surface area contributed by atoms with Gasteiger partial charge in [0.15, 0.2) is 11.6 Å². The van der Waals surface area contributed by atoms with Crippen LogP contribution in [-0.4, -0.2) is 25.0 Å². The number of aryl methyl sites for hydroxylation is 1. The van der Waals surface area contributed by atoms with Crippen LogP contribution >= 0.6 is 0 Å². The number of hydrogen-bond acceptors (Lipinski definition) is 4. The molecule has 6 nitrogen and oxygen atoms in total. The van der Waals surface area contributed by atoms with Crippen molar-refractivity contribution in [3.63, 3.8) is 0 Å². The molecule has 3 rings (SSSR count). The third-order valence-corrected chi connectivity index (χ3v) is 3.59. The van der Waals surface area contributed by atoms with Crippen molar-refractivity contribution in [2.24, 2.45) is 7.05 Å². The van der Waals surface area contributed by atoms with Crippen molar-refractivity contribution in [1.29, 1.82) is 0 Å². The third-order valence-electron chi connectivity index (χ3n) is 3.59. The summed E-state index contributed by atoms with van der Waals surface area (Å²) in [6.07, 6.45) is 6.32. The van der Waals surface area contributed by atoms with Crippen molar-refractivity contribution < 1.29 is 0 Å². The van der Waals surface area contributed by atoms with E-state index in [1.165, 1.54) is 32.1 Å². The molecule has 0 spiro atoms. The monoisotopic (exact) mass is 246 g/mol. The maximum absolute atomic E-state index is 5.62. The van der Waals surface area contributed by atoms with Crippen molar-refractivity contribution in [1.82, 2.24) is 25.0 Å². The van der Waals surface area contributed by atoms with Crippen molar-refractivity contribution >= 4 is 5.82 Å². The smallest absolute Gasteiger partial charge is 0.176 e. The van der Waals surface area contributed by atoms with Crippen molar-refractivity contribution in [2.75, 3.05) is 5.73 Å². The van der Waals surface area contributed by atoms with E-state index in [-0.39, 0.29) is 0 Å². The zero-order valence-electron chi connectivity index (χ0n) is 10.6. The van der Waals surface area contributed by atoms with Gasteiger partial charge in [0.25, 0.3) is 0 Å². The zero-order valence-corrected chi connectivity index (χ0v) is 10.6. The summed E-state index contributed by atoms with van der Waals surface area (Å²) in [7, 11) is 1.91. The molecule has 0 amide bonds. The van der Waals surface area contributed by atoms with Crippen LogP contribution in [0.5, 0.6) is 0 Å². The molecule has 2 aromatic rings. The molecule has 2 aromatic heterocycles. The van der Waals surface area contributed by atoms with E-state index in [4.69, 9.17) is 5.73 Å². The maximum Gasteiger partial charge on any atom is 0.176 e. The second kappa shape index (κ2) is 4.44. The van der Waals surface area contributed by atoms with E-state index in [1.54, 1.807) is 10.7 Å². The molecule has 0 unspecified atom stereocenters. The molecule has 2 heterocycles. The minimum Gasteiger partial charge on any atom is -0.382 e. The largest absolute Gasteiger partial charge is 0.382 e. The van der Waals surface area contributed by atoms with Gasteiger partial charge in [-0.2, -0.15) is 10.2 Å². The molecular weight excluding hydrogens is 228 g/mol. The van der Waals surface area contributed by atoms with Crippen LogP contribution in [0.3, 0.4) is 0 Å². The van der Waals surface area contributed by atoms with Crippen LogP contribution in [0.1, 0.15) is 43.8 Å². The fourth-order valence-corrected chi connectivity index (χ4v) is 2.62. The summed E-state index contributed by atoms with van der Waals surface area (Å²) in [4.78, 5) is 4.64. The quantitative estimate of drug-likeness (QED) is 0.846. The highest BCUT2D eigenvalue weighted by molar-refractivity contribution is 5.54. The number of hydrogen-bond donors (Lipinski definition) is 2. The lowest BCUT2D eigenvalue weighted by molar-refractivity contribution is 0.427. The number of anilines is 1. The predicted molar refractivity (Wildman–Crippen MR) is 68.8 cm³/mol. The molecule has 6 heteroatoms. The first kappa shape index (κ1) is 11.3. The SMILES string of the molecule is Cn1nc(C2CCCCC2)nc1-c1cc(N)n[nH]1. The molecule has 0 radical (unpaired) electrons. The van der Waals surface area contributed by atoms with Crippen LogP contribution in [0.4, 0.5) is 5.82 Å². The van der Waals surface area contributed by atoms with Gasteiger partial charge in [0.05, 0.1) is 0 Å². The third kappa shape index (κ3) is 1.98. The number of nitrogens with one attached hydrogen (secondary N) is 1. The summed E-state index contributed by atoms with van der Waals surface area (Å²) in [5, 5.41) is 11.3. The Labute approximate surface area is 106 Å². The summed E-state index contributed by atoms with van der Waals surface area (Å²) >= 11 is 0. The molecule has 96 valence electrons. The number of nitrogens with zero attached hydrogens (tertiary/aromatic N) is 4. The van der Waals surface area contributed by atoms with Crippen LogP contribution in [0.25, 0.3) is 11.5 Å². The number of aromatic amines is 1. The minimum atomic E-state index is 0.479. The average molecular weight is 246 g/mol. The highest BCUT2D eigenvalue weighted by Crippen LogP contribution is 2.31. The molecule has 0 bridgehead atoms. The normalized spacial score (nSPS) is 17.2. The molecule has 0 aromatic carbocycles. The second-order valence-corrected chi connectivity index (χ2v) is 4.96. The lowest BCUT2D eigenvalue weighted by atomic mass is 9.89. The standard InChI is InChI=1S/C12H18N6/c1-18-12(9-7-10(13)16-15-9)14-11(17-18)8-5-3-2-4-6-8/h7-8H,2-6H2,1H3,(H3,13,15,16). The van der Waals surface area contributed by atoms with E-state index >= 15 is 0 Å². The highest BCUT2D eigenvalue weighted by Gasteiger charge is 2.21. The van der Waals surface area contributed by atoms with E-state index in [0.29, 0.717) is 11.7 Å². The number of nitrogen functional groups attached to an aromatic ring is 1. The van der Waals surface area contributed by atoms with Gasteiger partial charge in [0.1, 0.15) is 11.5 Å². The Morgan fingerprint density at radius 1 is 1.33 bits per heavy atom. The fourth-order valence-electron chi connectivity index (χ4n) is 2.62. The molecule has 0 saturated heterocycles. The van der Waals surface area contributed by atoms with E-state index < -0.39 is 0 Å².